The number of likely N-dealkylation sites (tertiary alicyclic amines) is 1. The molecule has 5 heteroatoms. The molecule has 2 saturated heterocycles. The SMILES string of the molecule is c1cn2nccc2c(N2CC3CN(C4CC4)CC3C2)n1. The number of nitrogens with zero attached hydrogens (tertiary/aromatic N) is 5. The number of rotatable bonds is 2. The van der Waals surface area contributed by atoms with E-state index in [1.807, 2.05) is 23.1 Å². The summed E-state index contributed by atoms with van der Waals surface area (Å²) in [5, 5.41) is 4.31. The van der Waals surface area contributed by atoms with E-state index < -0.39 is 0 Å². The Balaban J connectivity index is 1.40. The number of hydrogen-bond donors (Lipinski definition) is 0. The van der Waals surface area contributed by atoms with Gasteiger partial charge in [0.1, 0.15) is 5.52 Å². The van der Waals surface area contributed by atoms with Crippen molar-refractivity contribution in [2.75, 3.05) is 31.1 Å². The summed E-state index contributed by atoms with van der Waals surface area (Å²) in [4.78, 5) is 9.80. The van der Waals surface area contributed by atoms with Gasteiger partial charge < -0.3 is 4.90 Å². The van der Waals surface area contributed by atoms with E-state index in [-0.39, 0.29) is 0 Å². The third-order valence-electron chi connectivity index (χ3n) is 5.18. The summed E-state index contributed by atoms with van der Waals surface area (Å²) in [7, 11) is 0. The van der Waals surface area contributed by atoms with E-state index in [1.165, 1.54) is 25.9 Å². The van der Waals surface area contributed by atoms with Crippen molar-refractivity contribution in [1.82, 2.24) is 19.5 Å². The minimum atomic E-state index is 0.834. The zero-order valence-electron chi connectivity index (χ0n) is 11.5. The normalized spacial score (nSPS) is 30.3. The lowest BCUT2D eigenvalue weighted by molar-refractivity contribution is 0.306. The highest BCUT2D eigenvalue weighted by atomic mass is 15.3. The van der Waals surface area contributed by atoms with Gasteiger partial charge in [-0.15, -0.1) is 0 Å². The highest BCUT2D eigenvalue weighted by Crippen LogP contribution is 2.39. The van der Waals surface area contributed by atoms with E-state index in [2.05, 4.69) is 25.9 Å². The minimum absolute atomic E-state index is 0.834. The summed E-state index contributed by atoms with van der Waals surface area (Å²) in [5.74, 6) is 2.78. The predicted octanol–water partition coefficient (Wildman–Crippen LogP) is 1.26. The van der Waals surface area contributed by atoms with Crippen LogP contribution in [0.5, 0.6) is 0 Å². The van der Waals surface area contributed by atoms with Gasteiger partial charge in [-0.25, -0.2) is 9.50 Å². The van der Waals surface area contributed by atoms with Crippen molar-refractivity contribution in [3.05, 3.63) is 24.7 Å². The molecule has 2 aromatic heterocycles. The average Bonchev–Trinajstić information content (AvgIpc) is 2.90. The first kappa shape index (κ1) is 11.1. The average molecular weight is 269 g/mol. The van der Waals surface area contributed by atoms with Crippen LogP contribution in [0.25, 0.3) is 5.52 Å². The number of hydrogen-bond acceptors (Lipinski definition) is 4. The molecule has 2 atom stereocenters. The van der Waals surface area contributed by atoms with Crippen molar-refractivity contribution in [2.45, 2.75) is 18.9 Å². The maximum Gasteiger partial charge on any atom is 0.154 e. The van der Waals surface area contributed by atoms with Gasteiger partial charge in [-0.1, -0.05) is 0 Å². The third kappa shape index (κ3) is 1.59. The van der Waals surface area contributed by atoms with Crippen LogP contribution in [0.2, 0.25) is 0 Å². The van der Waals surface area contributed by atoms with E-state index in [4.69, 9.17) is 0 Å². The van der Waals surface area contributed by atoms with Crippen molar-refractivity contribution in [3.8, 4) is 0 Å². The van der Waals surface area contributed by atoms with Gasteiger partial charge in [0.15, 0.2) is 5.82 Å². The molecule has 0 radical (unpaired) electrons. The van der Waals surface area contributed by atoms with Gasteiger partial charge in [-0.3, -0.25) is 4.90 Å². The second kappa shape index (κ2) is 3.95. The van der Waals surface area contributed by atoms with Gasteiger partial charge in [0.2, 0.25) is 0 Å². The number of fused-ring (bicyclic) bond motifs is 2. The summed E-state index contributed by atoms with van der Waals surface area (Å²) in [6.45, 7) is 4.92. The Morgan fingerprint density at radius 1 is 1.00 bits per heavy atom. The fourth-order valence-electron chi connectivity index (χ4n) is 4.03. The molecule has 0 aromatic carbocycles. The van der Waals surface area contributed by atoms with E-state index in [0.717, 1.165) is 42.3 Å². The molecule has 104 valence electrons. The lowest BCUT2D eigenvalue weighted by Gasteiger charge is -2.22. The van der Waals surface area contributed by atoms with Crippen LogP contribution in [0.1, 0.15) is 12.8 Å². The van der Waals surface area contributed by atoms with Crippen LogP contribution in [0, 0.1) is 11.8 Å². The predicted molar refractivity (Wildman–Crippen MR) is 76.8 cm³/mol. The van der Waals surface area contributed by atoms with Crippen molar-refractivity contribution in [1.29, 1.82) is 0 Å². The first-order chi connectivity index (χ1) is 9.88. The van der Waals surface area contributed by atoms with Crippen molar-refractivity contribution < 1.29 is 0 Å². The van der Waals surface area contributed by atoms with Crippen molar-refractivity contribution >= 4 is 11.3 Å². The Morgan fingerprint density at radius 3 is 2.55 bits per heavy atom. The van der Waals surface area contributed by atoms with E-state index in [1.54, 1.807) is 0 Å². The highest BCUT2D eigenvalue weighted by Gasteiger charge is 2.44. The molecule has 0 N–H and O–H groups in total. The molecule has 1 aliphatic carbocycles. The van der Waals surface area contributed by atoms with Gasteiger partial charge in [-0.2, -0.15) is 5.10 Å². The van der Waals surface area contributed by atoms with Gasteiger partial charge in [-0.05, 0) is 30.7 Å². The van der Waals surface area contributed by atoms with Gasteiger partial charge in [0.25, 0.3) is 0 Å². The van der Waals surface area contributed by atoms with Crippen LogP contribution >= 0.6 is 0 Å². The Bertz CT molecular complexity index is 633. The molecule has 20 heavy (non-hydrogen) atoms. The Morgan fingerprint density at radius 2 is 1.80 bits per heavy atom. The minimum Gasteiger partial charge on any atom is -0.354 e. The Hall–Kier alpha value is -1.62. The first-order valence-electron chi connectivity index (χ1n) is 7.66. The van der Waals surface area contributed by atoms with Crippen LogP contribution in [0.4, 0.5) is 5.82 Å². The van der Waals surface area contributed by atoms with Crippen molar-refractivity contribution in [2.24, 2.45) is 11.8 Å². The summed E-state index contributed by atoms with van der Waals surface area (Å²) in [6.07, 6.45) is 8.50. The van der Waals surface area contributed by atoms with E-state index in [0.29, 0.717) is 0 Å². The van der Waals surface area contributed by atoms with E-state index >= 15 is 0 Å². The Labute approximate surface area is 118 Å². The van der Waals surface area contributed by atoms with Crippen LogP contribution in [-0.4, -0.2) is 51.7 Å². The zero-order valence-corrected chi connectivity index (χ0v) is 11.5. The number of aromatic nitrogens is 3. The third-order valence-corrected chi connectivity index (χ3v) is 5.18. The molecular formula is C15H19N5. The van der Waals surface area contributed by atoms with Crippen molar-refractivity contribution in [3.63, 3.8) is 0 Å². The molecule has 2 aliphatic heterocycles. The van der Waals surface area contributed by atoms with Crippen LogP contribution in [-0.2, 0) is 0 Å². The molecule has 1 saturated carbocycles. The fourth-order valence-corrected chi connectivity index (χ4v) is 4.03. The van der Waals surface area contributed by atoms with Gasteiger partial charge in [0, 0.05) is 44.6 Å². The zero-order chi connectivity index (χ0) is 13.1. The molecule has 4 heterocycles. The van der Waals surface area contributed by atoms with Crippen LogP contribution in [0.15, 0.2) is 24.7 Å². The van der Waals surface area contributed by atoms with E-state index in [9.17, 15) is 0 Å². The molecule has 2 aromatic rings. The molecule has 3 aliphatic rings. The van der Waals surface area contributed by atoms with Gasteiger partial charge in [0.05, 0.1) is 6.20 Å². The summed E-state index contributed by atoms with van der Waals surface area (Å²) in [5.41, 5.74) is 1.13. The summed E-state index contributed by atoms with van der Waals surface area (Å²) in [6, 6.07) is 2.98. The van der Waals surface area contributed by atoms with Crippen LogP contribution < -0.4 is 4.90 Å². The molecule has 0 spiro atoms. The first-order valence-corrected chi connectivity index (χ1v) is 7.66. The molecule has 0 amide bonds. The fraction of sp³-hybridized carbons (Fsp3) is 0.600. The lowest BCUT2D eigenvalue weighted by Crippen LogP contribution is -2.30. The molecule has 3 fully saturated rings. The van der Waals surface area contributed by atoms with Gasteiger partial charge >= 0.3 is 0 Å². The standard InChI is InChI=1S/C15H19N5/c1-2-13(1)18-7-11-9-19(10-12(11)8-18)15-14-3-4-17-20(14)6-5-16-15/h3-6,11-13H,1-2,7-10H2. The second-order valence-electron chi connectivity index (χ2n) is 6.52. The smallest absolute Gasteiger partial charge is 0.154 e. The topological polar surface area (TPSA) is 36.7 Å². The molecule has 5 nitrogen and oxygen atoms in total. The quantitative estimate of drug-likeness (QED) is 0.822. The number of anilines is 1. The molecule has 0 bridgehead atoms. The second-order valence-corrected chi connectivity index (χ2v) is 6.52. The molecule has 5 rings (SSSR count). The molecule has 2 unspecified atom stereocenters. The largest absolute Gasteiger partial charge is 0.354 e. The monoisotopic (exact) mass is 269 g/mol. The van der Waals surface area contributed by atoms with Crippen LogP contribution in [0.3, 0.4) is 0 Å². The summed E-state index contributed by atoms with van der Waals surface area (Å²) >= 11 is 0. The summed E-state index contributed by atoms with van der Waals surface area (Å²) < 4.78 is 1.92. The molecular weight excluding hydrogens is 250 g/mol. The lowest BCUT2D eigenvalue weighted by atomic mass is 10.0. The highest BCUT2D eigenvalue weighted by molar-refractivity contribution is 5.68. The maximum atomic E-state index is 4.61. The Kier molecular flexibility index (Phi) is 2.19. The maximum absolute atomic E-state index is 4.61.